The van der Waals surface area contributed by atoms with E-state index in [1.807, 2.05) is 13.0 Å². The van der Waals surface area contributed by atoms with E-state index < -0.39 is 11.5 Å². The van der Waals surface area contributed by atoms with Crippen LogP contribution in [0.4, 0.5) is 0 Å². The Kier molecular flexibility index (Phi) is 4.73. The number of aliphatic hydroxyl groups is 1. The SMILES string of the molecule is C=CC[C@]1(C)C[C@@H](O)[C@@]2(C)C3[C@H](OC)CCC3(CC[C@H]2C)[C@@H](C)C1=O. The smallest absolute Gasteiger partial charge is 0.142 e. The monoisotopic (exact) mass is 348 g/mol. The van der Waals surface area contributed by atoms with Crippen LogP contribution in [0, 0.1) is 34.0 Å². The molecule has 0 radical (unpaired) electrons. The number of ether oxygens (including phenoxy) is 1. The first kappa shape index (κ1) is 19.1. The molecule has 0 saturated heterocycles. The zero-order valence-electron chi connectivity index (χ0n) is 16.7. The molecule has 3 aliphatic rings. The summed E-state index contributed by atoms with van der Waals surface area (Å²) in [5.41, 5.74) is -0.738. The highest BCUT2D eigenvalue weighted by atomic mass is 16.5. The van der Waals surface area contributed by atoms with Crippen molar-refractivity contribution in [3.8, 4) is 0 Å². The summed E-state index contributed by atoms with van der Waals surface area (Å²) < 4.78 is 5.91. The minimum Gasteiger partial charge on any atom is -0.393 e. The van der Waals surface area contributed by atoms with Gasteiger partial charge in [-0.3, -0.25) is 4.79 Å². The topological polar surface area (TPSA) is 46.5 Å². The van der Waals surface area contributed by atoms with E-state index in [9.17, 15) is 9.90 Å². The Labute approximate surface area is 153 Å². The lowest BCUT2D eigenvalue weighted by atomic mass is 9.44. The number of ketones is 1. The normalized spacial score (nSPS) is 53.0. The molecule has 2 unspecified atom stereocenters. The van der Waals surface area contributed by atoms with Crippen molar-refractivity contribution in [1.82, 2.24) is 0 Å². The number of methoxy groups -OCH3 is 1. The highest BCUT2D eigenvalue weighted by Gasteiger charge is 2.67. The van der Waals surface area contributed by atoms with E-state index in [1.165, 1.54) is 0 Å². The van der Waals surface area contributed by atoms with Gasteiger partial charge in [0.1, 0.15) is 5.78 Å². The van der Waals surface area contributed by atoms with Crippen molar-refractivity contribution < 1.29 is 14.6 Å². The van der Waals surface area contributed by atoms with Crippen molar-refractivity contribution in [3.05, 3.63) is 12.7 Å². The molecule has 0 aromatic carbocycles. The molecule has 3 nitrogen and oxygen atoms in total. The minimum atomic E-state index is -0.512. The largest absolute Gasteiger partial charge is 0.393 e. The molecule has 3 heteroatoms. The zero-order chi connectivity index (χ0) is 18.6. The van der Waals surface area contributed by atoms with Gasteiger partial charge in [0.25, 0.3) is 0 Å². The number of hydrogen-bond donors (Lipinski definition) is 1. The molecule has 0 spiro atoms. The maximum absolute atomic E-state index is 13.6. The molecule has 3 rings (SSSR count). The van der Waals surface area contributed by atoms with E-state index in [0.717, 1.165) is 25.7 Å². The van der Waals surface area contributed by atoms with Crippen molar-refractivity contribution in [2.24, 2.45) is 34.0 Å². The number of Topliss-reactive ketones (excluding diaryl/α,β-unsaturated/α-hetero) is 1. The van der Waals surface area contributed by atoms with Crippen LogP contribution >= 0.6 is 0 Å². The van der Waals surface area contributed by atoms with Gasteiger partial charge in [-0.05, 0) is 55.8 Å². The molecular weight excluding hydrogens is 312 g/mol. The van der Waals surface area contributed by atoms with E-state index in [0.29, 0.717) is 24.5 Å². The Morgan fingerprint density at radius 3 is 2.52 bits per heavy atom. The van der Waals surface area contributed by atoms with Crippen LogP contribution in [0.2, 0.25) is 0 Å². The molecule has 3 aliphatic carbocycles. The van der Waals surface area contributed by atoms with Crippen LogP contribution in [0.3, 0.4) is 0 Å². The predicted octanol–water partition coefficient (Wildman–Crippen LogP) is 4.39. The third-order valence-corrected chi connectivity index (χ3v) is 8.77. The fourth-order valence-electron chi connectivity index (χ4n) is 7.03. The van der Waals surface area contributed by atoms with Crippen LogP contribution in [0.15, 0.2) is 12.7 Å². The second kappa shape index (κ2) is 6.20. The molecule has 0 heterocycles. The predicted molar refractivity (Wildman–Crippen MR) is 100 cm³/mol. The van der Waals surface area contributed by atoms with Crippen LogP contribution in [-0.2, 0) is 9.53 Å². The molecule has 0 aliphatic heterocycles. The van der Waals surface area contributed by atoms with Crippen LogP contribution in [0.25, 0.3) is 0 Å². The van der Waals surface area contributed by atoms with Crippen molar-refractivity contribution in [2.45, 2.75) is 78.4 Å². The van der Waals surface area contributed by atoms with E-state index in [2.05, 4.69) is 27.4 Å². The maximum Gasteiger partial charge on any atom is 0.142 e. The number of hydrogen-bond acceptors (Lipinski definition) is 3. The first-order valence-electron chi connectivity index (χ1n) is 10.0. The molecule has 25 heavy (non-hydrogen) atoms. The Hall–Kier alpha value is -0.670. The van der Waals surface area contributed by atoms with Gasteiger partial charge in [0.2, 0.25) is 0 Å². The van der Waals surface area contributed by atoms with Crippen LogP contribution < -0.4 is 0 Å². The Balaban J connectivity index is 2.18. The quantitative estimate of drug-likeness (QED) is 0.770. The second-order valence-electron chi connectivity index (χ2n) is 9.69. The summed E-state index contributed by atoms with van der Waals surface area (Å²) in [5.74, 6) is 1.03. The number of allylic oxidation sites excluding steroid dienone is 1. The second-order valence-corrected chi connectivity index (χ2v) is 9.69. The van der Waals surface area contributed by atoms with Gasteiger partial charge in [0.05, 0.1) is 12.2 Å². The molecule has 1 N–H and O–H groups in total. The molecule has 2 bridgehead atoms. The van der Waals surface area contributed by atoms with Gasteiger partial charge in [-0.25, -0.2) is 0 Å². The Morgan fingerprint density at radius 2 is 1.92 bits per heavy atom. The van der Waals surface area contributed by atoms with Gasteiger partial charge >= 0.3 is 0 Å². The van der Waals surface area contributed by atoms with Gasteiger partial charge in [-0.1, -0.05) is 33.8 Å². The molecule has 0 aromatic rings. The third-order valence-electron chi connectivity index (χ3n) is 8.77. The summed E-state index contributed by atoms with van der Waals surface area (Å²) in [4.78, 5) is 13.6. The number of rotatable bonds is 3. The molecule has 3 saturated carbocycles. The Morgan fingerprint density at radius 1 is 1.28 bits per heavy atom. The summed E-state index contributed by atoms with van der Waals surface area (Å²) in [6, 6.07) is 0. The van der Waals surface area contributed by atoms with Crippen molar-refractivity contribution >= 4 is 5.78 Å². The van der Waals surface area contributed by atoms with Crippen LogP contribution in [-0.4, -0.2) is 30.2 Å². The van der Waals surface area contributed by atoms with Crippen molar-refractivity contribution in [1.29, 1.82) is 0 Å². The molecule has 3 fully saturated rings. The summed E-state index contributed by atoms with van der Waals surface area (Å²) >= 11 is 0. The highest BCUT2D eigenvalue weighted by Crippen LogP contribution is 2.68. The van der Waals surface area contributed by atoms with E-state index in [1.54, 1.807) is 7.11 Å². The van der Waals surface area contributed by atoms with Crippen molar-refractivity contribution in [3.63, 3.8) is 0 Å². The highest BCUT2D eigenvalue weighted by molar-refractivity contribution is 5.87. The minimum absolute atomic E-state index is 0.0157. The number of aliphatic hydroxyl groups excluding tert-OH is 1. The van der Waals surface area contributed by atoms with E-state index in [-0.39, 0.29) is 28.8 Å². The number of carbonyl (C=O) groups is 1. The van der Waals surface area contributed by atoms with Gasteiger partial charge < -0.3 is 9.84 Å². The molecule has 0 aromatic heterocycles. The van der Waals surface area contributed by atoms with Crippen LogP contribution in [0.1, 0.15) is 66.2 Å². The summed E-state index contributed by atoms with van der Waals surface area (Å²) in [7, 11) is 1.80. The van der Waals surface area contributed by atoms with Gasteiger partial charge in [-0.2, -0.15) is 0 Å². The lowest BCUT2D eigenvalue weighted by Crippen LogP contribution is -2.62. The van der Waals surface area contributed by atoms with E-state index >= 15 is 0 Å². The third kappa shape index (κ3) is 2.41. The molecular formula is C22H36O3. The molecule has 8 atom stereocenters. The first-order valence-corrected chi connectivity index (χ1v) is 10.0. The van der Waals surface area contributed by atoms with Gasteiger partial charge in [0, 0.05) is 23.9 Å². The fourth-order valence-corrected chi connectivity index (χ4v) is 7.03. The number of carbonyl (C=O) groups excluding carboxylic acids is 1. The lowest BCUT2D eigenvalue weighted by Gasteiger charge is -2.61. The lowest BCUT2D eigenvalue weighted by molar-refractivity contribution is -0.191. The summed E-state index contributed by atoms with van der Waals surface area (Å²) in [6.07, 6.45) is 6.93. The van der Waals surface area contributed by atoms with Gasteiger partial charge in [0.15, 0.2) is 0 Å². The average molecular weight is 349 g/mol. The molecule has 142 valence electrons. The Bertz CT molecular complexity index is 557. The fraction of sp³-hybridized carbons (Fsp3) is 0.864. The van der Waals surface area contributed by atoms with Crippen LogP contribution in [0.5, 0.6) is 0 Å². The van der Waals surface area contributed by atoms with Gasteiger partial charge in [-0.15, -0.1) is 6.58 Å². The summed E-state index contributed by atoms with van der Waals surface area (Å²) in [5, 5.41) is 11.4. The van der Waals surface area contributed by atoms with Crippen molar-refractivity contribution in [2.75, 3.05) is 7.11 Å². The van der Waals surface area contributed by atoms with E-state index in [4.69, 9.17) is 4.74 Å². The standard InChI is InChI=1S/C22H36O3/c1-7-10-20(4)13-17(23)21(5)14(2)8-11-22(15(3)19(20)24)12-9-16(25-6)18(21)22/h7,14-18,23H,1,8-13H2,2-6H3/t14-,15+,16-,17-,18?,20-,21+,22?/m1/s1. The maximum atomic E-state index is 13.6. The zero-order valence-corrected chi connectivity index (χ0v) is 16.7. The first-order chi connectivity index (χ1) is 11.7. The summed E-state index contributed by atoms with van der Waals surface area (Å²) in [6.45, 7) is 12.6. The molecule has 0 amide bonds. The average Bonchev–Trinajstić information content (AvgIpc) is 2.97.